The Morgan fingerprint density at radius 2 is 2.20 bits per heavy atom. The molecule has 15 heavy (non-hydrogen) atoms. The van der Waals surface area contributed by atoms with Gasteiger partial charge in [0.05, 0.1) is 0 Å². The fourth-order valence-electron chi connectivity index (χ4n) is 1.13. The van der Waals surface area contributed by atoms with E-state index in [4.69, 9.17) is 5.11 Å². The van der Waals surface area contributed by atoms with Gasteiger partial charge in [0.2, 0.25) is 5.43 Å². The average molecular weight is 212 g/mol. The Labute approximate surface area is 87.8 Å². The van der Waals surface area contributed by atoms with Crippen LogP contribution in [0.2, 0.25) is 0 Å². The van der Waals surface area contributed by atoms with Crippen molar-refractivity contribution in [2.24, 2.45) is 0 Å². The number of rotatable bonds is 4. The van der Waals surface area contributed by atoms with Crippen molar-refractivity contribution in [1.29, 1.82) is 0 Å². The summed E-state index contributed by atoms with van der Waals surface area (Å²) >= 11 is 0. The van der Waals surface area contributed by atoms with E-state index >= 15 is 0 Å². The van der Waals surface area contributed by atoms with Gasteiger partial charge in [-0.1, -0.05) is 13.8 Å². The Bertz CT molecular complexity index is 373. The van der Waals surface area contributed by atoms with Crippen molar-refractivity contribution >= 4 is 0 Å². The van der Waals surface area contributed by atoms with Crippen LogP contribution < -0.4 is 10.7 Å². The van der Waals surface area contributed by atoms with E-state index in [0.717, 1.165) is 0 Å². The number of aromatic nitrogens is 1. The lowest BCUT2D eigenvalue weighted by molar-refractivity contribution is 0.167. The van der Waals surface area contributed by atoms with Gasteiger partial charge in [-0.3, -0.25) is 4.79 Å². The van der Waals surface area contributed by atoms with Crippen molar-refractivity contribution in [3.05, 3.63) is 28.2 Å². The van der Waals surface area contributed by atoms with E-state index in [2.05, 4.69) is 10.3 Å². The highest BCUT2D eigenvalue weighted by Crippen LogP contribution is 2.08. The first-order valence-electron chi connectivity index (χ1n) is 4.83. The zero-order valence-electron chi connectivity index (χ0n) is 8.82. The first-order valence-corrected chi connectivity index (χ1v) is 4.83. The van der Waals surface area contributed by atoms with E-state index in [-0.39, 0.29) is 11.8 Å². The third-order valence-electron chi connectivity index (χ3n) is 1.99. The molecule has 0 fully saturated rings. The van der Waals surface area contributed by atoms with Crippen LogP contribution in [0.1, 0.15) is 25.6 Å². The molecule has 0 aliphatic carbocycles. The molecule has 0 amide bonds. The standard InChI is InChI=1S/C10H16N2O3/c1-6(2)11-4-9(14)7-3-8(13)10(15)5-12-7/h3,5-6,9,11,14-15H,4H2,1-2H3,(H,12,13). The molecule has 0 saturated heterocycles. The first-order chi connectivity index (χ1) is 7.00. The SMILES string of the molecule is CC(C)NCC(O)c1cc(=O)c(O)c[nH]1. The molecule has 5 nitrogen and oxygen atoms in total. The minimum absolute atomic E-state index is 0.267. The van der Waals surface area contributed by atoms with Crippen LogP contribution in [0.15, 0.2) is 17.1 Å². The van der Waals surface area contributed by atoms with Crippen molar-refractivity contribution in [3.63, 3.8) is 0 Å². The molecule has 0 bridgehead atoms. The highest BCUT2D eigenvalue weighted by Gasteiger charge is 2.09. The lowest BCUT2D eigenvalue weighted by Gasteiger charge is -2.13. The number of aromatic hydroxyl groups is 1. The second-order valence-electron chi connectivity index (χ2n) is 3.72. The van der Waals surface area contributed by atoms with E-state index in [0.29, 0.717) is 12.2 Å². The molecule has 5 heteroatoms. The number of aromatic amines is 1. The molecule has 0 aliphatic rings. The molecule has 0 saturated carbocycles. The minimum atomic E-state index is -0.777. The van der Waals surface area contributed by atoms with E-state index < -0.39 is 11.5 Å². The van der Waals surface area contributed by atoms with E-state index in [9.17, 15) is 9.90 Å². The largest absolute Gasteiger partial charge is 0.503 e. The van der Waals surface area contributed by atoms with Crippen LogP contribution >= 0.6 is 0 Å². The van der Waals surface area contributed by atoms with Gasteiger partial charge in [-0.25, -0.2) is 0 Å². The molecule has 0 spiro atoms. The van der Waals surface area contributed by atoms with Gasteiger partial charge in [0, 0.05) is 30.5 Å². The van der Waals surface area contributed by atoms with Crippen LogP contribution in [-0.4, -0.2) is 27.8 Å². The molecule has 0 aliphatic heterocycles. The summed E-state index contributed by atoms with van der Waals surface area (Å²) < 4.78 is 0. The maximum absolute atomic E-state index is 11.1. The summed E-state index contributed by atoms with van der Waals surface area (Å²) in [7, 11) is 0. The van der Waals surface area contributed by atoms with Gasteiger partial charge in [0.15, 0.2) is 5.75 Å². The van der Waals surface area contributed by atoms with Crippen LogP contribution in [0, 0.1) is 0 Å². The Balaban J connectivity index is 2.70. The summed E-state index contributed by atoms with van der Waals surface area (Å²) in [6, 6.07) is 1.46. The number of hydrogen-bond donors (Lipinski definition) is 4. The van der Waals surface area contributed by atoms with Crippen LogP contribution in [0.5, 0.6) is 5.75 Å². The normalized spacial score (nSPS) is 13.1. The van der Waals surface area contributed by atoms with Crippen molar-refractivity contribution in [2.45, 2.75) is 26.0 Å². The zero-order valence-corrected chi connectivity index (χ0v) is 8.82. The Hall–Kier alpha value is -1.33. The smallest absolute Gasteiger partial charge is 0.223 e. The van der Waals surface area contributed by atoms with E-state index in [1.54, 1.807) is 0 Å². The molecule has 0 aromatic carbocycles. The molecule has 1 rings (SSSR count). The van der Waals surface area contributed by atoms with Gasteiger partial charge in [0.1, 0.15) is 6.10 Å². The van der Waals surface area contributed by atoms with Gasteiger partial charge in [-0.2, -0.15) is 0 Å². The predicted molar refractivity (Wildman–Crippen MR) is 56.8 cm³/mol. The number of hydrogen-bond acceptors (Lipinski definition) is 4. The fraction of sp³-hybridized carbons (Fsp3) is 0.500. The second-order valence-corrected chi connectivity index (χ2v) is 3.72. The van der Waals surface area contributed by atoms with Crippen molar-refractivity contribution in [1.82, 2.24) is 10.3 Å². The maximum Gasteiger partial charge on any atom is 0.223 e. The highest BCUT2D eigenvalue weighted by molar-refractivity contribution is 5.19. The minimum Gasteiger partial charge on any atom is -0.503 e. The Morgan fingerprint density at radius 1 is 1.53 bits per heavy atom. The zero-order chi connectivity index (χ0) is 11.4. The van der Waals surface area contributed by atoms with Gasteiger partial charge in [-0.15, -0.1) is 0 Å². The summed E-state index contributed by atoms with van der Waals surface area (Å²) in [5.41, 5.74) is -0.0988. The lowest BCUT2D eigenvalue weighted by atomic mass is 10.2. The summed E-state index contributed by atoms with van der Waals surface area (Å²) in [6.07, 6.45) is 0.400. The van der Waals surface area contributed by atoms with Crippen LogP contribution in [0.4, 0.5) is 0 Å². The van der Waals surface area contributed by atoms with E-state index in [1.807, 2.05) is 13.8 Å². The second kappa shape index (κ2) is 4.95. The number of aliphatic hydroxyl groups excluding tert-OH is 1. The molecule has 1 aromatic rings. The third-order valence-corrected chi connectivity index (χ3v) is 1.99. The van der Waals surface area contributed by atoms with Crippen molar-refractivity contribution in [3.8, 4) is 5.75 Å². The number of H-pyrrole nitrogens is 1. The van der Waals surface area contributed by atoms with Gasteiger partial charge in [0.25, 0.3) is 0 Å². The first kappa shape index (κ1) is 11.7. The summed E-state index contributed by atoms with van der Waals surface area (Å²) in [5.74, 6) is -0.345. The number of pyridine rings is 1. The molecule has 1 unspecified atom stereocenters. The molecule has 1 heterocycles. The topological polar surface area (TPSA) is 85.3 Å². The van der Waals surface area contributed by atoms with Crippen LogP contribution in [0.25, 0.3) is 0 Å². The van der Waals surface area contributed by atoms with Crippen LogP contribution in [-0.2, 0) is 0 Å². The number of nitrogens with one attached hydrogen (secondary N) is 2. The molecule has 4 N–H and O–H groups in total. The molecule has 1 atom stereocenters. The quantitative estimate of drug-likeness (QED) is 0.570. The highest BCUT2D eigenvalue weighted by atomic mass is 16.3. The van der Waals surface area contributed by atoms with E-state index in [1.165, 1.54) is 12.3 Å². The van der Waals surface area contributed by atoms with Gasteiger partial charge >= 0.3 is 0 Å². The third kappa shape index (κ3) is 3.38. The lowest BCUT2D eigenvalue weighted by Crippen LogP contribution is -2.28. The molecular weight excluding hydrogens is 196 g/mol. The monoisotopic (exact) mass is 212 g/mol. The average Bonchev–Trinajstić information content (AvgIpc) is 2.18. The Kier molecular flexibility index (Phi) is 3.88. The molecule has 1 aromatic heterocycles. The molecule has 84 valence electrons. The molecule has 0 radical (unpaired) electrons. The van der Waals surface area contributed by atoms with Crippen molar-refractivity contribution in [2.75, 3.05) is 6.54 Å². The summed E-state index contributed by atoms with van der Waals surface area (Å²) in [6.45, 7) is 4.29. The van der Waals surface area contributed by atoms with Crippen LogP contribution in [0.3, 0.4) is 0 Å². The molecular formula is C10H16N2O3. The number of aliphatic hydroxyl groups is 1. The Morgan fingerprint density at radius 3 is 2.73 bits per heavy atom. The van der Waals surface area contributed by atoms with Gasteiger partial charge < -0.3 is 20.5 Å². The summed E-state index contributed by atoms with van der Waals surface area (Å²) in [4.78, 5) is 13.7. The van der Waals surface area contributed by atoms with Crippen molar-refractivity contribution < 1.29 is 10.2 Å². The summed E-state index contributed by atoms with van der Waals surface area (Å²) in [5, 5.41) is 21.7. The maximum atomic E-state index is 11.1. The predicted octanol–water partition coefficient (Wildman–Crippen LogP) is 0.112. The fourth-order valence-corrected chi connectivity index (χ4v) is 1.13. The van der Waals surface area contributed by atoms with Gasteiger partial charge in [-0.05, 0) is 0 Å².